The van der Waals surface area contributed by atoms with Gasteiger partial charge in [0.2, 0.25) is 0 Å². The fourth-order valence-electron chi connectivity index (χ4n) is 1.58. The van der Waals surface area contributed by atoms with Gasteiger partial charge in [-0.25, -0.2) is 0 Å². The van der Waals surface area contributed by atoms with Crippen molar-refractivity contribution in [1.82, 2.24) is 15.1 Å². The van der Waals surface area contributed by atoms with E-state index in [0.29, 0.717) is 18.1 Å². The number of nitrogens with zero attached hydrogens (tertiary/aromatic N) is 2. The lowest BCUT2D eigenvalue weighted by Gasteiger charge is -2.24. The molecule has 0 atom stereocenters. The molecule has 1 heterocycles. The number of alkyl halides is 1. The fourth-order valence-corrected chi connectivity index (χ4v) is 1.71. The summed E-state index contributed by atoms with van der Waals surface area (Å²) in [6, 6.07) is 1.71. The highest BCUT2D eigenvalue weighted by molar-refractivity contribution is 6.17. The quantitative estimate of drug-likeness (QED) is 0.795. The lowest BCUT2D eigenvalue weighted by molar-refractivity contribution is 0.0929. The molecule has 0 aromatic carbocycles. The van der Waals surface area contributed by atoms with E-state index in [1.807, 2.05) is 0 Å². The van der Waals surface area contributed by atoms with Gasteiger partial charge in [0.1, 0.15) is 5.69 Å². The predicted molar refractivity (Wildman–Crippen MR) is 69.3 cm³/mol. The van der Waals surface area contributed by atoms with Gasteiger partial charge in [0, 0.05) is 25.7 Å². The van der Waals surface area contributed by atoms with E-state index in [9.17, 15) is 4.79 Å². The number of carbonyl (C=O) groups is 1. The molecule has 4 nitrogen and oxygen atoms in total. The molecule has 0 saturated heterocycles. The number of amides is 1. The van der Waals surface area contributed by atoms with Crippen LogP contribution in [0, 0.1) is 5.41 Å². The minimum Gasteiger partial charge on any atom is -0.350 e. The number of hydrogen-bond donors (Lipinski definition) is 1. The standard InChI is InChI=1S/C12H20ClN3O/c1-12(2,6-4-7-13)9-14-11(17)10-5-8-16(3)15-10/h5,8H,4,6-7,9H2,1-3H3,(H,14,17). The Bertz CT molecular complexity index is 374. The van der Waals surface area contributed by atoms with Crippen LogP contribution in [0.25, 0.3) is 0 Å². The van der Waals surface area contributed by atoms with Crippen molar-refractivity contribution < 1.29 is 4.79 Å². The number of carbonyl (C=O) groups excluding carboxylic acids is 1. The van der Waals surface area contributed by atoms with Gasteiger partial charge in [-0.3, -0.25) is 9.48 Å². The smallest absolute Gasteiger partial charge is 0.271 e. The summed E-state index contributed by atoms with van der Waals surface area (Å²) in [6.07, 6.45) is 3.72. The zero-order valence-electron chi connectivity index (χ0n) is 10.7. The van der Waals surface area contributed by atoms with Gasteiger partial charge in [0.05, 0.1) is 0 Å². The lowest BCUT2D eigenvalue weighted by atomic mass is 9.88. The molecule has 0 bridgehead atoms. The molecular weight excluding hydrogens is 238 g/mol. The summed E-state index contributed by atoms with van der Waals surface area (Å²) < 4.78 is 1.62. The first-order chi connectivity index (χ1) is 7.94. The molecule has 1 amide bonds. The Labute approximate surface area is 107 Å². The van der Waals surface area contributed by atoms with Crippen LogP contribution >= 0.6 is 11.6 Å². The molecule has 1 rings (SSSR count). The van der Waals surface area contributed by atoms with Crippen molar-refractivity contribution in [3.63, 3.8) is 0 Å². The number of aryl methyl sites for hydroxylation is 1. The van der Waals surface area contributed by atoms with Crippen LogP contribution in [0.4, 0.5) is 0 Å². The minimum absolute atomic E-state index is 0.0688. The third-order valence-corrected chi connectivity index (χ3v) is 2.93. The van der Waals surface area contributed by atoms with Gasteiger partial charge in [-0.15, -0.1) is 11.6 Å². The lowest BCUT2D eigenvalue weighted by Crippen LogP contribution is -2.34. The molecule has 0 fully saturated rings. The van der Waals surface area contributed by atoms with E-state index in [2.05, 4.69) is 24.3 Å². The van der Waals surface area contributed by atoms with Crippen LogP contribution in [0.3, 0.4) is 0 Å². The van der Waals surface area contributed by atoms with E-state index in [1.165, 1.54) is 0 Å². The largest absolute Gasteiger partial charge is 0.350 e. The summed E-state index contributed by atoms with van der Waals surface area (Å²) in [6.45, 7) is 4.88. The summed E-state index contributed by atoms with van der Waals surface area (Å²) in [5, 5.41) is 6.96. The summed E-state index contributed by atoms with van der Waals surface area (Å²) >= 11 is 5.67. The Kier molecular flexibility index (Phi) is 5.00. The van der Waals surface area contributed by atoms with Crippen molar-refractivity contribution in [2.45, 2.75) is 26.7 Å². The molecule has 0 aliphatic carbocycles. The van der Waals surface area contributed by atoms with Gasteiger partial charge in [-0.05, 0) is 24.3 Å². The van der Waals surface area contributed by atoms with Crippen LogP contribution in [-0.2, 0) is 7.05 Å². The van der Waals surface area contributed by atoms with Gasteiger partial charge >= 0.3 is 0 Å². The molecule has 0 unspecified atom stereocenters. The number of nitrogens with one attached hydrogen (secondary N) is 1. The Morgan fingerprint density at radius 3 is 2.82 bits per heavy atom. The zero-order valence-corrected chi connectivity index (χ0v) is 11.4. The summed E-state index contributed by atoms with van der Waals surface area (Å²) in [7, 11) is 1.79. The topological polar surface area (TPSA) is 46.9 Å². The Morgan fingerprint density at radius 1 is 1.59 bits per heavy atom. The highest BCUT2D eigenvalue weighted by Crippen LogP contribution is 2.21. The Hall–Kier alpha value is -1.03. The second-order valence-electron chi connectivity index (χ2n) is 5.01. The average molecular weight is 258 g/mol. The third-order valence-electron chi connectivity index (χ3n) is 2.66. The predicted octanol–water partition coefficient (Wildman–Crippen LogP) is 2.20. The van der Waals surface area contributed by atoms with Crippen LogP contribution < -0.4 is 5.32 Å². The molecule has 0 saturated carbocycles. The van der Waals surface area contributed by atoms with Gasteiger partial charge in [-0.1, -0.05) is 13.8 Å². The van der Waals surface area contributed by atoms with Gasteiger partial charge < -0.3 is 5.32 Å². The Morgan fingerprint density at radius 2 is 2.29 bits per heavy atom. The van der Waals surface area contributed by atoms with E-state index in [1.54, 1.807) is 24.0 Å². The minimum atomic E-state index is -0.121. The van der Waals surface area contributed by atoms with Crippen molar-refractivity contribution in [3.05, 3.63) is 18.0 Å². The van der Waals surface area contributed by atoms with E-state index >= 15 is 0 Å². The molecule has 0 aliphatic heterocycles. The van der Waals surface area contributed by atoms with Crippen LogP contribution in [0.5, 0.6) is 0 Å². The number of aromatic nitrogens is 2. The zero-order chi connectivity index (χ0) is 12.9. The first-order valence-electron chi connectivity index (χ1n) is 5.78. The van der Waals surface area contributed by atoms with Crippen molar-refractivity contribution >= 4 is 17.5 Å². The second-order valence-corrected chi connectivity index (χ2v) is 5.39. The summed E-state index contributed by atoms with van der Waals surface area (Å²) in [5.41, 5.74) is 0.528. The van der Waals surface area contributed by atoms with Crippen molar-refractivity contribution in [2.24, 2.45) is 12.5 Å². The van der Waals surface area contributed by atoms with Crippen LogP contribution in [0.2, 0.25) is 0 Å². The van der Waals surface area contributed by atoms with Crippen molar-refractivity contribution in [3.8, 4) is 0 Å². The SMILES string of the molecule is Cn1ccc(C(=O)NCC(C)(C)CCCCl)n1. The molecule has 96 valence electrons. The monoisotopic (exact) mass is 257 g/mol. The van der Waals surface area contributed by atoms with Crippen LogP contribution in [0.15, 0.2) is 12.3 Å². The maximum absolute atomic E-state index is 11.8. The molecule has 0 aliphatic rings. The third kappa shape index (κ3) is 4.77. The highest BCUT2D eigenvalue weighted by atomic mass is 35.5. The normalized spacial score (nSPS) is 11.5. The van der Waals surface area contributed by atoms with Gasteiger partial charge in [0.25, 0.3) is 5.91 Å². The number of rotatable bonds is 6. The van der Waals surface area contributed by atoms with E-state index in [-0.39, 0.29) is 11.3 Å². The maximum Gasteiger partial charge on any atom is 0.271 e. The van der Waals surface area contributed by atoms with Crippen LogP contribution in [0.1, 0.15) is 37.2 Å². The van der Waals surface area contributed by atoms with Gasteiger partial charge in [0.15, 0.2) is 0 Å². The summed E-state index contributed by atoms with van der Waals surface area (Å²) in [4.78, 5) is 11.8. The second kappa shape index (κ2) is 6.05. The van der Waals surface area contributed by atoms with Crippen LogP contribution in [-0.4, -0.2) is 28.1 Å². The van der Waals surface area contributed by atoms with E-state index in [4.69, 9.17) is 11.6 Å². The first kappa shape index (κ1) is 14.0. The molecule has 1 N–H and O–H groups in total. The molecule has 17 heavy (non-hydrogen) atoms. The van der Waals surface area contributed by atoms with E-state index < -0.39 is 0 Å². The molecular formula is C12H20ClN3O. The molecule has 0 radical (unpaired) electrons. The van der Waals surface area contributed by atoms with Gasteiger partial charge in [-0.2, -0.15) is 5.10 Å². The van der Waals surface area contributed by atoms with Crippen molar-refractivity contribution in [1.29, 1.82) is 0 Å². The average Bonchev–Trinajstić information content (AvgIpc) is 2.70. The Balaban J connectivity index is 2.42. The molecule has 5 heteroatoms. The van der Waals surface area contributed by atoms with E-state index in [0.717, 1.165) is 12.8 Å². The molecule has 1 aromatic rings. The number of hydrogen-bond acceptors (Lipinski definition) is 2. The first-order valence-corrected chi connectivity index (χ1v) is 6.32. The fraction of sp³-hybridized carbons (Fsp3) is 0.667. The highest BCUT2D eigenvalue weighted by Gasteiger charge is 2.19. The number of halogens is 1. The maximum atomic E-state index is 11.8. The van der Waals surface area contributed by atoms with Crippen molar-refractivity contribution in [2.75, 3.05) is 12.4 Å². The summed E-state index contributed by atoms with van der Waals surface area (Å²) in [5.74, 6) is 0.544. The molecule has 0 spiro atoms. The molecule has 1 aromatic heterocycles.